The molecule has 0 aromatic heterocycles. The highest BCUT2D eigenvalue weighted by molar-refractivity contribution is 6.10. The van der Waals surface area contributed by atoms with E-state index in [1.54, 1.807) is 0 Å². The first-order chi connectivity index (χ1) is 35.4. The molecule has 0 spiro atoms. The third-order valence-corrected chi connectivity index (χ3v) is 16.4. The monoisotopic (exact) mass is 944 g/mol. The number of nitrogens with zero attached hydrogens (tertiary/aromatic N) is 6. The predicted molar refractivity (Wildman–Crippen MR) is 302 cm³/mol. The van der Waals surface area contributed by atoms with Gasteiger partial charge < -0.3 is 19.6 Å². The van der Waals surface area contributed by atoms with Crippen molar-refractivity contribution in [1.29, 1.82) is 5.26 Å². The van der Waals surface area contributed by atoms with E-state index in [0.29, 0.717) is 11.3 Å². The van der Waals surface area contributed by atoms with Gasteiger partial charge in [0, 0.05) is 16.2 Å². The Labute approximate surface area is 430 Å². The maximum atomic E-state index is 12.3. The summed E-state index contributed by atoms with van der Waals surface area (Å²) >= 11 is 0. The number of hydrogen-bond donors (Lipinski definition) is 0. The van der Waals surface area contributed by atoms with E-state index in [4.69, 9.17) is 0 Å². The van der Waals surface area contributed by atoms with Gasteiger partial charge in [-0.25, -0.2) is 4.85 Å². The zero-order valence-corrected chi connectivity index (χ0v) is 42.7. The maximum Gasteiger partial charge on any atom is 0.230 e. The topological polar surface area (TPSA) is 41.1 Å². The maximum absolute atomic E-state index is 12.3. The molecule has 2 heterocycles. The Kier molecular flexibility index (Phi) is 10.3. The third-order valence-electron chi connectivity index (χ3n) is 16.4. The van der Waals surface area contributed by atoms with E-state index in [0.717, 1.165) is 113 Å². The molecule has 12 rings (SSSR count). The molecule has 0 saturated carbocycles. The van der Waals surface area contributed by atoms with Crippen molar-refractivity contribution in [3.05, 3.63) is 256 Å². The van der Waals surface area contributed by atoms with E-state index < -0.39 is 16.2 Å². The van der Waals surface area contributed by atoms with Crippen molar-refractivity contribution in [3.63, 3.8) is 0 Å². The van der Waals surface area contributed by atoms with Gasteiger partial charge in [-0.1, -0.05) is 173 Å². The molecule has 0 bridgehead atoms. The predicted octanol–water partition coefficient (Wildman–Crippen LogP) is 18.4. The molecule has 9 aromatic rings. The summed E-state index contributed by atoms with van der Waals surface area (Å²) in [6.45, 7) is 27.8. The van der Waals surface area contributed by atoms with Crippen LogP contribution in [-0.2, 0) is 16.2 Å². The molecule has 0 N–H and O–H groups in total. The number of rotatable bonds is 6. The van der Waals surface area contributed by atoms with Crippen LogP contribution in [0.5, 0.6) is 0 Å². The van der Waals surface area contributed by atoms with Gasteiger partial charge in [0.15, 0.2) is 0 Å². The quantitative estimate of drug-likeness (QED) is 0.155. The van der Waals surface area contributed by atoms with Crippen LogP contribution in [0.2, 0.25) is 0 Å². The number of fused-ring (bicyclic) bond motifs is 5. The minimum atomic E-state index is -0.752. The molecule has 6 nitrogen and oxygen atoms in total. The second-order valence-electron chi connectivity index (χ2n) is 20.9. The fourth-order valence-electron chi connectivity index (χ4n) is 13.9. The highest BCUT2D eigenvalue weighted by Gasteiger charge is 2.67. The van der Waals surface area contributed by atoms with E-state index in [1.165, 1.54) is 0 Å². The second kappa shape index (κ2) is 16.6. The lowest BCUT2D eigenvalue weighted by molar-refractivity contribution is 0.226. The van der Waals surface area contributed by atoms with E-state index in [1.807, 2.05) is 0 Å². The number of anilines is 12. The van der Waals surface area contributed by atoms with Crippen LogP contribution in [0.15, 0.2) is 194 Å². The smallest absolute Gasteiger partial charge is 0.230 e. The second-order valence-corrected chi connectivity index (χ2v) is 20.9. The van der Waals surface area contributed by atoms with Crippen molar-refractivity contribution < 1.29 is 0 Å². The van der Waals surface area contributed by atoms with Crippen molar-refractivity contribution >= 4 is 73.9 Å². The Hall–Kier alpha value is -8.84. The van der Waals surface area contributed by atoms with Crippen LogP contribution in [0.3, 0.4) is 0 Å². The van der Waals surface area contributed by atoms with E-state index in [-0.39, 0.29) is 0 Å². The molecule has 0 amide bonds. The average molecular weight is 945 g/mol. The zero-order valence-electron chi connectivity index (χ0n) is 42.7. The molecule has 0 radical (unpaired) electrons. The molecule has 354 valence electrons. The lowest BCUT2D eigenvalue weighted by atomic mass is 9.50. The summed E-state index contributed by atoms with van der Waals surface area (Å²) in [7, 11) is 0. The summed E-state index contributed by atoms with van der Waals surface area (Å²) < 4.78 is 0. The Balaban J connectivity index is 1.27. The number of hydrogen-bond acceptors (Lipinski definition) is 5. The van der Waals surface area contributed by atoms with Gasteiger partial charge in [0.25, 0.3) is 0 Å². The molecule has 3 aliphatic rings. The Bertz CT molecular complexity index is 3410. The highest BCUT2D eigenvalue weighted by Crippen LogP contribution is 2.73. The first kappa shape index (κ1) is 45.3. The van der Waals surface area contributed by atoms with Crippen LogP contribution < -0.4 is 19.6 Å². The molecule has 0 fully saturated rings. The lowest BCUT2D eigenvalue weighted by Crippen LogP contribution is -2.52. The normalized spacial score (nSPS) is 15.3. The minimum Gasteiger partial charge on any atom is -0.316 e. The average Bonchev–Trinajstić information content (AvgIpc) is 3.55. The van der Waals surface area contributed by atoms with Gasteiger partial charge in [0.1, 0.15) is 0 Å². The largest absolute Gasteiger partial charge is 0.316 e. The molecule has 2 aliphatic heterocycles. The van der Waals surface area contributed by atoms with Crippen molar-refractivity contribution in [1.82, 2.24) is 0 Å². The summed E-state index contributed by atoms with van der Waals surface area (Å²) in [6, 6.07) is 72.0. The fraction of sp³-hybridized carbons (Fsp3) is 0.164. The molecule has 73 heavy (non-hydrogen) atoms. The van der Waals surface area contributed by atoms with E-state index >= 15 is 0 Å². The van der Waals surface area contributed by atoms with Crippen molar-refractivity contribution in [2.45, 2.75) is 71.6 Å². The molecule has 0 saturated heterocycles. The number of nitriles is 1. The molecule has 0 atom stereocenters. The van der Waals surface area contributed by atoms with Crippen LogP contribution in [-0.4, -0.2) is 0 Å². The van der Waals surface area contributed by atoms with Gasteiger partial charge >= 0.3 is 0 Å². The molecular weight excluding hydrogens is 889 g/mol. The van der Waals surface area contributed by atoms with Crippen LogP contribution >= 0.6 is 0 Å². The number of para-hydroxylation sites is 10. The Morgan fingerprint density at radius 2 is 0.644 bits per heavy atom. The van der Waals surface area contributed by atoms with E-state index in [9.17, 15) is 11.8 Å². The summed E-state index contributed by atoms with van der Waals surface area (Å²) in [6.07, 6.45) is 0. The fourth-order valence-corrected chi connectivity index (χ4v) is 13.9. The molecule has 9 aromatic carbocycles. The summed E-state index contributed by atoms with van der Waals surface area (Å²) in [4.78, 5) is 14.1. The van der Waals surface area contributed by atoms with Gasteiger partial charge in [-0.3, -0.25) is 0 Å². The first-order valence-electron chi connectivity index (χ1n) is 25.2. The lowest BCUT2D eigenvalue weighted by Gasteiger charge is -2.52. The molecular formula is C67H56N6. The van der Waals surface area contributed by atoms with Crippen LogP contribution in [0.1, 0.15) is 77.8 Å². The summed E-state index contributed by atoms with van der Waals surface area (Å²) in [5.41, 5.74) is 18.8. The first-order valence-corrected chi connectivity index (χ1v) is 25.2. The molecule has 1 aliphatic carbocycles. The molecule has 6 heteroatoms. The summed E-state index contributed by atoms with van der Waals surface area (Å²) in [5, 5.41) is 12.3. The summed E-state index contributed by atoms with van der Waals surface area (Å²) in [5.74, 6) is 0. The van der Waals surface area contributed by atoms with Crippen molar-refractivity contribution in [2.24, 2.45) is 0 Å². The van der Waals surface area contributed by atoms with Gasteiger partial charge in [0.05, 0.1) is 86.5 Å². The van der Waals surface area contributed by atoms with Crippen LogP contribution in [0.4, 0.5) is 73.9 Å². The zero-order chi connectivity index (χ0) is 50.6. The number of aryl methyl sites for hydroxylation is 4. The molecule has 0 unspecified atom stereocenters. The highest BCUT2D eigenvalue weighted by atomic mass is 15.3. The van der Waals surface area contributed by atoms with Crippen LogP contribution in [0, 0.1) is 45.6 Å². The van der Waals surface area contributed by atoms with Crippen molar-refractivity contribution in [3.8, 4) is 6.07 Å². The Morgan fingerprint density at radius 3 is 0.945 bits per heavy atom. The standard InChI is InChI=1S/C67H56N6/c1-43-26-24-27-44(2)61(43)70-50-34-16-20-38-54(50)72(55-39-21-17-35-51(55)70)63-49(42-68)60(69-9)64(59-58(63)65(5,6)67(66(59,7)8,47-30-12-10-13-31-47)48-32-14-11-15-33-48)73-56-40-22-18-36-52(56)71(53-37-19-23-41-57(53)73)62-45(3)28-25-29-46(62)4/h10-41H,1-8H3. The minimum absolute atomic E-state index is 0.314. The van der Waals surface area contributed by atoms with E-state index in [2.05, 4.69) is 280 Å². The van der Waals surface area contributed by atoms with Gasteiger partial charge in [-0.15, -0.1) is 0 Å². The SMILES string of the molecule is [C-]#[N+]c1c(C#N)c(N2c3ccccc3N(c3c(C)cccc3C)c3ccccc32)c2c(c1N1c3ccccc3N(c3c(C)cccc3C)c3ccccc31)C(C)(C)C(c1ccccc1)(c1ccccc1)C2(C)C. The van der Waals surface area contributed by atoms with Crippen molar-refractivity contribution in [2.75, 3.05) is 19.6 Å². The Morgan fingerprint density at radius 1 is 0.370 bits per heavy atom. The number of benzene rings is 9. The van der Waals surface area contributed by atoms with Crippen LogP contribution in [0.25, 0.3) is 4.85 Å². The third kappa shape index (κ3) is 6.08. The van der Waals surface area contributed by atoms with Gasteiger partial charge in [-0.2, -0.15) is 5.26 Å². The van der Waals surface area contributed by atoms with Gasteiger partial charge in [-0.05, 0) is 121 Å². The van der Waals surface area contributed by atoms with Gasteiger partial charge in [0.2, 0.25) is 5.69 Å².